The van der Waals surface area contributed by atoms with E-state index in [-0.39, 0.29) is 11.2 Å². The number of carbonyl (C=O) groups is 1. The van der Waals surface area contributed by atoms with Crippen LogP contribution >= 0.6 is 11.8 Å². The van der Waals surface area contributed by atoms with Crippen LogP contribution in [0.2, 0.25) is 0 Å². The molecule has 3 nitrogen and oxygen atoms in total. The Balaban J connectivity index is 1.77. The summed E-state index contributed by atoms with van der Waals surface area (Å²) in [7, 11) is 1.63. The van der Waals surface area contributed by atoms with Crippen molar-refractivity contribution in [3.8, 4) is 5.75 Å². The van der Waals surface area contributed by atoms with Crippen molar-refractivity contribution in [1.82, 2.24) is 0 Å². The van der Waals surface area contributed by atoms with E-state index in [0.29, 0.717) is 5.25 Å². The normalized spacial score (nSPS) is 15.9. The predicted octanol–water partition coefficient (Wildman–Crippen LogP) is 5.05. The molecule has 1 aliphatic carbocycles. The van der Waals surface area contributed by atoms with E-state index in [0.717, 1.165) is 17.0 Å². The highest BCUT2D eigenvalue weighted by Crippen LogP contribution is 2.40. The van der Waals surface area contributed by atoms with Crippen LogP contribution < -0.4 is 10.1 Å². The largest absolute Gasteiger partial charge is 0.497 e. The van der Waals surface area contributed by atoms with Crippen LogP contribution in [0.15, 0.2) is 54.6 Å². The van der Waals surface area contributed by atoms with Crippen molar-refractivity contribution in [1.29, 1.82) is 0 Å². The van der Waals surface area contributed by atoms with Crippen LogP contribution in [-0.4, -0.2) is 18.3 Å². The fourth-order valence-electron chi connectivity index (χ4n) is 3.05. The lowest BCUT2D eigenvalue weighted by Crippen LogP contribution is -2.20. The Labute approximate surface area is 147 Å². The van der Waals surface area contributed by atoms with Gasteiger partial charge in [0.25, 0.3) is 0 Å². The molecular weight excluding hydrogens is 318 g/mol. The second kappa shape index (κ2) is 8.25. The molecule has 126 valence electrons. The fourth-order valence-corrected chi connectivity index (χ4v) is 4.53. The zero-order chi connectivity index (χ0) is 16.8. The molecule has 1 N–H and O–H groups in total. The highest BCUT2D eigenvalue weighted by Gasteiger charge is 2.27. The van der Waals surface area contributed by atoms with Gasteiger partial charge in [-0.15, -0.1) is 11.8 Å². The van der Waals surface area contributed by atoms with Crippen LogP contribution in [0.25, 0.3) is 0 Å². The van der Waals surface area contributed by atoms with E-state index in [2.05, 4.69) is 5.32 Å². The van der Waals surface area contributed by atoms with E-state index in [4.69, 9.17) is 4.74 Å². The van der Waals surface area contributed by atoms with Crippen molar-refractivity contribution >= 4 is 23.4 Å². The van der Waals surface area contributed by atoms with Crippen LogP contribution in [0.1, 0.15) is 36.5 Å². The van der Waals surface area contributed by atoms with Gasteiger partial charge in [0.1, 0.15) is 11.0 Å². The summed E-state index contributed by atoms with van der Waals surface area (Å²) in [6, 6.07) is 17.6. The number of ether oxygens (including phenoxy) is 1. The summed E-state index contributed by atoms with van der Waals surface area (Å²) in [4.78, 5) is 12.9. The number of anilines is 1. The minimum atomic E-state index is -0.180. The summed E-state index contributed by atoms with van der Waals surface area (Å²) in [5.41, 5.74) is 1.84. The number of hydrogen-bond acceptors (Lipinski definition) is 3. The van der Waals surface area contributed by atoms with Crippen LogP contribution in [0.5, 0.6) is 5.75 Å². The van der Waals surface area contributed by atoms with E-state index in [1.807, 2.05) is 54.6 Å². The molecule has 0 heterocycles. The Bertz CT molecular complexity index is 668. The van der Waals surface area contributed by atoms with E-state index < -0.39 is 0 Å². The topological polar surface area (TPSA) is 38.3 Å². The van der Waals surface area contributed by atoms with Gasteiger partial charge in [-0.1, -0.05) is 49.2 Å². The minimum absolute atomic E-state index is 0.0337. The third-order valence-electron chi connectivity index (χ3n) is 4.31. The Hall–Kier alpha value is -1.94. The lowest BCUT2D eigenvalue weighted by atomic mass is 10.1. The molecule has 1 aliphatic rings. The molecule has 2 aromatic carbocycles. The number of methoxy groups -OCH3 is 1. The molecule has 4 heteroatoms. The Morgan fingerprint density at radius 1 is 1.12 bits per heavy atom. The maximum atomic E-state index is 12.9. The Morgan fingerprint density at radius 3 is 2.58 bits per heavy atom. The average molecular weight is 341 g/mol. The summed E-state index contributed by atoms with van der Waals surface area (Å²) in [6.45, 7) is 0. The first kappa shape index (κ1) is 16.9. The van der Waals surface area contributed by atoms with E-state index >= 15 is 0 Å². The number of nitrogens with one attached hydrogen (secondary N) is 1. The molecule has 1 fully saturated rings. The van der Waals surface area contributed by atoms with Gasteiger partial charge >= 0.3 is 0 Å². The first-order valence-corrected chi connectivity index (χ1v) is 9.36. The highest BCUT2D eigenvalue weighted by molar-refractivity contribution is 8.00. The average Bonchev–Trinajstić information content (AvgIpc) is 3.14. The number of carbonyl (C=O) groups excluding carboxylic acids is 1. The molecule has 2 aromatic rings. The standard InChI is InChI=1S/C20H23NO2S/c1-23-17-11-7-10-16(14-17)21-20(22)19(15-8-3-2-4-9-15)24-18-12-5-6-13-18/h2-4,7-11,14,18-19H,5-6,12-13H2,1H3,(H,21,22)/t19-/m0/s1. The number of hydrogen-bond donors (Lipinski definition) is 1. The second-order valence-corrected chi connectivity index (χ2v) is 7.46. The van der Waals surface area contributed by atoms with Crippen LogP contribution in [0.3, 0.4) is 0 Å². The molecule has 0 spiro atoms. The van der Waals surface area contributed by atoms with Gasteiger partial charge in [0, 0.05) is 17.0 Å². The van der Waals surface area contributed by atoms with Crippen molar-refractivity contribution < 1.29 is 9.53 Å². The van der Waals surface area contributed by atoms with Crippen molar-refractivity contribution in [2.24, 2.45) is 0 Å². The monoisotopic (exact) mass is 341 g/mol. The van der Waals surface area contributed by atoms with E-state index in [1.54, 1.807) is 18.9 Å². The summed E-state index contributed by atoms with van der Waals surface area (Å²) < 4.78 is 5.23. The van der Waals surface area contributed by atoms with Gasteiger partial charge < -0.3 is 10.1 Å². The maximum Gasteiger partial charge on any atom is 0.242 e. The van der Waals surface area contributed by atoms with Gasteiger partial charge in [0.2, 0.25) is 5.91 Å². The van der Waals surface area contributed by atoms with Crippen molar-refractivity contribution in [3.63, 3.8) is 0 Å². The molecule has 3 rings (SSSR count). The molecule has 0 bridgehead atoms. The lowest BCUT2D eigenvalue weighted by molar-refractivity contribution is -0.115. The zero-order valence-corrected chi connectivity index (χ0v) is 14.7. The smallest absolute Gasteiger partial charge is 0.242 e. The highest BCUT2D eigenvalue weighted by atomic mass is 32.2. The first-order valence-electron chi connectivity index (χ1n) is 8.41. The van der Waals surface area contributed by atoms with E-state index in [9.17, 15) is 4.79 Å². The van der Waals surface area contributed by atoms with Crippen LogP contribution in [0.4, 0.5) is 5.69 Å². The van der Waals surface area contributed by atoms with Crippen molar-refractivity contribution in [2.45, 2.75) is 36.2 Å². The Kier molecular flexibility index (Phi) is 5.81. The number of amides is 1. The minimum Gasteiger partial charge on any atom is -0.497 e. The van der Waals surface area contributed by atoms with Gasteiger partial charge in [-0.25, -0.2) is 0 Å². The molecule has 1 saturated carbocycles. The van der Waals surface area contributed by atoms with Crippen LogP contribution in [0, 0.1) is 0 Å². The molecule has 0 aliphatic heterocycles. The molecule has 0 unspecified atom stereocenters. The summed E-state index contributed by atoms with van der Waals surface area (Å²) >= 11 is 1.80. The van der Waals surface area contributed by atoms with Crippen molar-refractivity contribution in [2.75, 3.05) is 12.4 Å². The number of benzene rings is 2. The first-order chi connectivity index (χ1) is 11.8. The molecule has 0 aromatic heterocycles. The van der Waals surface area contributed by atoms with Gasteiger partial charge in [-0.05, 0) is 30.5 Å². The molecule has 0 radical (unpaired) electrons. The van der Waals surface area contributed by atoms with Gasteiger partial charge in [-0.2, -0.15) is 0 Å². The van der Waals surface area contributed by atoms with Gasteiger partial charge in [-0.3, -0.25) is 4.79 Å². The summed E-state index contributed by atoms with van der Waals surface area (Å²) in [5, 5.41) is 3.44. The SMILES string of the molecule is COc1cccc(NC(=O)[C@@H](SC2CCCC2)c2ccccc2)c1. The molecule has 1 atom stereocenters. The molecule has 24 heavy (non-hydrogen) atoms. The summed E-state index contributed by atoms with van der Waals surface area (Å²) in [6.07, 6.45) is 4.97. The summed E-state index contributed by atoms with van der Waals surface area (Å²) in [5.74, 6) is 0.777. The zero-order valence-electron chi connectivity index (χ0n) is 13.9. The van der Waals surface area contributed by atoms with Gasteiger partial charge in [0.05, 0.1) is 7.11 Å². The van der Waals surface area contributed by atoms with Crippen LogP contribution in [-0.2, 0) is 4.79 Å². The second-order valence-electron chi connectivity index (χ2n) is 6.05. The van der Waals surface area contributed by atoms with Gasteiger partial charge in [0.15, 0.2) is 0 Å². The van der Waals surface area contributed by atoms with E-state index in [1.165, 1.54) is 25.7 Å². The van der Waals surface area contributed by atoms with Crippen molar-refractivity contribution in [3.05, 3.63) is 60.2 Å². The Morgan fingerprint density at radius 2 is 1.88 bits per heavy atom. The number of rotatable bonds is 6. The fraction of sp³-hybridized carbons (Fsp3) is 0.350. The molecular formula is C20H23NO2S. The third-order valence-corrected chi connectivity index (χ3v) is 5.92. The maximum absolute atomic E-state index is 12.9. The quantitative estimate of drug-likeness (QED) is 0.799. The molecule has 0 saturated heterocycles. The molecule has 1 amide bonds. The third kappa shape index (κ3) is 4.32. The predicted molar refractivity (Wildman–Crippen MR) is 101 cm³/mol. The number of thioether (sulfide) groups is 1. The lowest BCUT2D eigenvalue weighted by Gasteiger charge is -2.20.